The van der Waals surface area contributed by atoms with Crippen molar-refractivity contribution >= 4 is 51.4 Å². The fourth-order valence-electron chi connectivity index (χ4n) is 3.02. The fraction of sp³-hybridized carbons (Fsp3) is 0.600. The van der Waals surface area contributed by atoms with Gasteiger partial charge in [0, 0.05) is 6.54 Å². The number of aromatic nitrogens is 4. The molecule has 0 aromatic carbocycles. The zero-order valence-corrected chi connectivity index (χ0v) is 16.9. The van der Waals surface area contributed by atoms with E-state index in [9.17, 15) is 4.79 Å². The van der Waals surface area contributed by atoms with E-state index in [1.165, 1.54) is 31.7 Å². The predicted molar refractivity (Wildman–Crippen MR) is 102 cm³/mol. The van der Waals surface area contributed by atoms with Crippen LogP contribution in [0.1, 0.15) is 36.4 Å². The molecule has 130 valence electrons. The molecule has 0 saturated carbocycles. The summed E-state index contributed by atoms with van der Waals surface area (Å²) >= 11 is 3.69. The van der Waals surface area contributed by atoms with E-state index in [1.54, 1.807) is 0 Å². The van der Waals surface area contributed by atoms with Crippen LogP contribution in [0.5, 0.6) is 0 Å². The van der Waals surface area contributed by atoms with E-state index in [1.807, 2.05) is 10.9 Å². The van der Waals surface area contributed by atoms with Gasteiger partial charge in [-0.15, -0.1) is 11.8 Å². The first-order chi connectivity index (χ1) is 11.5. The van der Waals surface area contributed by atoms with Crippen LogP contribution in [0.25, 0.3) is 11.0 Å². The van der Waals surface area contributed by atoms with Gasteiger partial charge in [-0.2, -0.15) is 5.10 Å². The summed E-state index contributed by atoms with van der Waals surface area (Å²) in [6.07, 6.45) is 4.45. The van der Waals surface area contributed by atoms with Gasteiger partial charge in [0.1, 0.15) is 8.73 Å². The number of nitrogens with zero attached hydrogens (tertiary/aromatic N) is 5. The van der Waals surface area contributed by atoms with E-state index < -0.39 is 5.97 Å². The highest BCUT2D eigenvalue weighted by Crippen LogP contribution is 2.30. The number of thioether (sulfide) groups is 1. The van der Waals surface area contributed by atoms with Gasteiger partial charge in [0.15, 0.2) is 5.65 Å². The lowest BCUT2D eigenvalue weighted by Gasteiger charge is -2.20. The van der Waals surface area contributed by atoms with E-state index >= 15 is 0 Å². The molecule has 0 bridgehead atoms. The molecule has 1 aliphatic rings. The molecule has 0 radical (unpaired) electrons. The van der Waals surface area contributed by atoms with Gasteiger partial charge in [0.05, 0.1) is 18.5 Å². The SMILES string of the molecule is COC(=O)c1nc(SC)c2c(I)nn([C@@H](C)CN3CCCC3)c2n1. The summed E-state index contributed by atoms with van der Waals surface area (Å²) in [5, 5.41) is 6.34. The molecular weight excluding hydrogens is 441 g/mol. The highest BCUT2D eigenvalue weighted by molar-refractivity contribution is 14.1. The molecule has 1 atom stereocenters. The lowest BCUT2D eigenvalue weighted by molar-refractivity contribution is 0.0586. The number of halogens is 1. The molecule has 0 unspecified atom stereocenters. The number of esters is 1. The zero-order chi connectivity index (χ0) is 17.3. The van der Waals surface area contributed by atoms with Crippen molar-refractivity contribution in [1.82, 2.24) is 24.6 Å². The van der Waals surface area contributed by atoms with Crippen molar-refractivity contribution in [3.05, 3.63) is 9.53 Å². The van der Waals surface area contributed by atoms with E-state index in [2.05, 4.69) is 49.5 Å². The molecule has 3 heterocycles. The summed E-state index contributed by atoms with van der Waals surface area (Å²) in [7, 11) is 1.34. The Morgan fingerprint density at radius 1 is 1.38 bits per heavy atom. The number of likely N-dealkylation sites (tertiary alicyclic amines) is 1. The minimum Gasteiger partial charge on any atom is -0.463 e. The smallest absolute Gasteiger partial charge is 0.376 e. The third-order valence-electron chi connectivity index (χ3n) is 4.18. The second-order valence-electron chi connectivity index (χ2n) is 5.84. The minimum absolute atomic E-state index is 0.0836. The molecular formula is C15H20IN5O2S. The van der Waals surface area contributed by atoms with Crippen molar-refractivity contribution in [2.75, 3.05) is 33.0 Å². The summed E-state index contributed by atoms with van der Waals surface area (Å²) in [5.74, 6) is -0.442. The Hall–Kier alpha value is -0.940. The average molecular weight is 461 g/mol. The Kier molecular flexibility index (Phi) is 5.60. The molecule has 2 aromatic rings. The first-order valence-electron chi connectivity index (χ1n) is 7.85. The highest BCUT2D eigenvalue weighted by atomic mass is 127. The van der Waals surface area contributed by atoms with Crippen LogP contribution >= 0.6 is 34.4 Å². The number of carbonyl (C=O) groups is 1. The Labute approximate surface area is 158 Å². The summed E-state index contributed by atoms with van der Waals surface area (Å²) in [6.45, 7) is 5.34. The first-order valence-corrected chi connectivity index (χ1v) is 10.2. The molecule has 1 aliphatic heterocycles. The maximum atomic E-state index is 11.9. The van der Waals surface area contributed by atoms with Crippen LogP contribution in [0.15, 0.2) is 5.03 Å². The van der Waals surface area contributed by atoms with Gasteiger partial charge in [0.2, 0.25) is 5.82 Å². The molecule has 24 heavy (non-hydrogen) atoms. The van der Waals surface area contributed by atoms with Crippen molar-refractivity contribution in [2.24, 2.45) is 0 Å². The summed E-state index contributed by atoms with van der Waals surface area (Å²) in [5.41, 5.74) is 0.700. The summed E-state index contributed by atoms with van der Waals surface area (Å²) in [4.78, 5) is 23.1. The topological polar surface area (TPSA) is 73.1 Å². The lowest BCUT2D eigenvalue weighted by Crippen LogP contribution is -2.27. The Balaban J connectivity index is 2.05. The van der Waals surface area contributed by atoms with Crippen molar-refractivity contribution < 1.29 is 9.53 Å². The van der Waals surface area contributed by atoms with E-state index in [0.717, 1.165) is 33.7 Å². The van der Waals surface area contributed by atoms with Gasteiger partial charge >= 0.3 is 5.97 Å². The molecule has 1 fully saturated rings. The van der Waals surface area contributed by atoms with Crippen LogP contribution in [0.4, 0.5) is 0 Å². The van der Waals surface area contributed by atoms with E-state index in [0.29, 0.717) is 5.65 Å². The minimum atomic E-state index is -0.526. The summed E-state index contributed by atoms with van der Waals surface area (Å²) < 4.78 is 7.56. The molecule has 0 N–H and O–H groups in total. The second kappa shape index (κ2) is 7.52. The molecule has 9 heteroatoms. The molecule has 3 rings (SSSR count). The number of ether oxygens (including phenoxy) is 1. The van der Waals surface area contributed by atoms with Crippen LogP contribution < -0.4 is 0 Å². The van der Waals surface area contributed by atoms with Crippen molar-refractivity contribution in [2.45, 2.75) is 30.8 Å². The van der Waals surface area contributed by atoms with E-state index in [-0.39, 0.29) is 11.9 Å². The molecule has 7 nitrogen and oxygen atoms in total. The molecule has 1 saturated heterocycles. The monoisotopic (exact) mass is 461 g/mol. The zero-order valence-electron chi connectivity index (χ0n) is 14.0. The molecule has 2 aromatic heterocycles. The van der Waals surface area contributed by atoms with Crippen LogP contribution in [0, 0.1) is 3.70 Å². The third kappa shape index (κ3) is 3.38. The van der Waals surface area contributed by atoms with Crippen LogP contribution in [-0.2, 0) is 4.74 Å². The lowest BCUT2D eigenvalue weighted by atomic mass is 10.3. The largest absolute Gasteiger partial charge is 0.463 e. The van der Waals surface area contributed by atoms with Gasteiger partial charge in [-0.3, -0.25) is 0 Å². The number of methoxy groups -OCH3 is 1. The number of rotatable bonds is 5. The highest BCUT2D eigenvalue weighted by Gasteiger charge is 2.24. The number of hydrogen-bond donors (Lipinski definition) is 0. The van der Waals surface area contributed by atoms with Crippen molar-refractivity contribution in [1.29, 1.82) is 0 Å². The third-order valence-corrected chi connectivity index (χ3v) is 5.61. The Morgan fingerprint density at radius 3 is 2.71 bits per heavy atom. The molecule has 0 amide bonds. The van der Waals surface area contributed by atoms with Gasteiger partial charge in [-0.25, -0.2) is 19.4 Å². The van der Waals surface area contributed by atoms with Crippen molar-refractivity contribution in [3.63, 3.8) is 0 Å². The average Bonchev–Trinajstić information content (AvgIpc) is 3.21. The maximum absolute atomic E-state index is 11.9. The maximum Gasteiger partial charge on any atom is 0.376 e. The van der Waals surface area contributed by atoms with Gasteiger partial charge in [-0.1, -0.05) is 0 Å². The van der Waals surface area contributed by atoms with Gasteiger partial charge in [-0.05, 0) is 61.7 Å². The Bertz CT molecular complexity index is 760. The first kappa shape index (κ1) is 17.9. The quantitative estimate of drug-likeness (QED) is 0.293. The predicted octanol–water partition coefficient (Wildman–Crippen LogP) is 2.60. The van der Waals surface area contributed by atoms with Crippen LogP contribution in [-0.4, -0.2) is 63.6 Å². The normalized spacial score (nSPS) is 16.7. The van der Waals surface area contributed by atoms with E-state index in [4.69, 9.17) is 4.74 Å². The number of hydrogen-bond acceptors (Lipinski definition) is 7. The molecule has 0 spiro atoms. The van der Waals surface area contributed by atoms with Crippen molar-refractivity contribution in [3.8, 4) is 0 Å². The standard InChI is InChI=1S/C15H20IN5O2S/c1-9(8-20-6-4-5-7-20)21-13-10(11(16)19-21)14(24-3)18-12(17-13)15(22)23-2/h9H,4-8H2,1-3H3/t9-/m0/s1. The van der Waals surface area contributed by atoms with Gasteiger partial charge < -0.3 is 9.64 Å². The molecule has 0 aliphatic carbocycles. The van der Waals surface area contributed by atoms with Crippen LogP contribution in [0.2, 0.25) is 0 Å². The number of fused-ring (bicyclic) bond motifs is 1. The van der Waals surface area contributed by atoms with Gasteiger partial charge in [0.25, 0.3) is 0 Å². The number of carbonyl (C=O) groups excluding carboxylic acids is 1. The van der Waals surface area contributed by atoms with Crippen LogP contribution in [0.3, 0.4) is 0 Å². The second-order valence-corrected chi connectivity index (χ2v) is 7.66. The Morgan fingerprint density at radius 2 is 2.08 bits per heavy atom. The fourth-order valence-corrected chi connectivity index (χ4v) is 4.50. The summed E-state index contributed by atoms with van der Waals surface area (Å²) in [6, 6.07) is 0.171.